The predicted molar refractivity (Wildman–Crippen MR) is 37.8 cm³/mol. The van der Waals surface area contributed by atoms with Crippen molar-refractivity contribution < 1.29 is 4.79 Å². The van der Waals surface area contributed by atoms with Crippen molar-refractivity contribution in [3.8, 4) is 0 Å². The van der Waals surface area contributed by atoms with E-state index in [1.54, 1.807) is 6.92 Å². The third kappa shape index (κ3) is 2.31. The maximum atomic E-state index is 10.5. The highest BCUT2D eigenvalue weighted by molar-refractivity contribution is 5.79. The molecule has 1 unspecified atom stereocenters. The molecule has 2 N–H and O–H groups in total. The third-order valence-corrected chi connectivity index (χ3v) is 1.57. The maximum Gasteiger partial charge on any atom is 0.224 e. The van der Waals surface area contributed by atoms with Gasteiger partial charge in [-0.05, 0) is 20.8 Å². The van der Waals surface area contributed by atoms with Gasteiger partial charge in [-0.2, -0.15) is 0 Å². The lowest BCUT2D eigenvalue weighted by molar-refractivity contribution is -0.120. The van der Waals surface area contributed by atoms with Crippen molar-refractivity contribution in [3.05, 3.63) is 11.6 Å². The molecule has 0 fully saturated rings. The second-order valence-corrected chi connectivity index (χ2v) is 2.16. The first-order valence-corrected chi connectivity index (χ1v) is 3.01. The molecule has 0 saturated heterocycles. The van der Waals surface area contributed by atoms with E-state index in [0.717, 1.165) is 5.57 Å². The normalized spacial score (nSPS) is 15.2. The molecule has 0 aromatic heterocycles. The van der Waals surface area contributed by atoms with Gasteiger partial charge in [-0.25, -0.2) is 0 Å². The molecule has 0 bridgehead atoms. The summed E-state index contributed by atoms with van der Waals surface area (Å²) in [7, 11) is 0. The number of allylic oxidation sites excluding steroid dienone is 1. The van der Waals surface area contributed by atoms with Gasteiger partial charge in [0, 0.05) is 0 Å². The van der Waals surface area contributed by atoms with Crippen LogP contribution in [0.15, 0.2) is 11.6 Å². The first-order valence-electron chi connectivity index (χ1n) is 3.01. The third-order valence-electron chi connectivity index (χ3n) is 1.57. The van der Waals surface area contributed by atoms with Gasteiger partial charge in [0.15, 0.2) is 0 Å². The van der Waals surface area contributed by atoms with Crippen molar-refractivity contribution in [2.24, 2.45) is 11.7 Å². The standard InChI is InChI=1S/C7H13NO/c1-4-5(2)6(3)7(8)9/h4,6H,1-3H3,(H2,8,9). The van der Waals surface area contributed by atoms with Crippen LogP contribution >= 0.6 is 0 Å². The van der Waals surface area contributed by atoms with Crippen LogP contribution in [0, 0.1) is 5.92 Å². The summed E-state index contributed by atoms with van der Waals surface area (Å²) in [5.41, 5.74) is 6.06. The van der Waals surface area contributed by atoms with E-state index in [9.17, 15) is 4.79 Å². The van der Waals surface area contributed by atoms with Gasteiger partial charge in [0.05, 0.1) is 5.92 Å². The highest BCUT2D eigenvalue weighted by atomic mass is 16.1. The number of hydrogen-bond donors (Lipinski definition) is 1. The second kappa shape index (κ2) is 3.28. The zero-order valence-corrected chi connectivity index (χ0v) is 6.14. The highest BCUT2D eigenvalue weighted by Crippen LogP contribution is 2.06. The minimum Gasteiger partial charge on any atom is -0.369 e. The zero-order chi connectivity index (χ0) is 7.44. The van der Waals surface area contributed by atoms with Crippen molar-refractivity contribution in [2.45, 2.75) is 20.8 Å². The molecule has 2 heteroatoms. The summed E-state index contributed by atoms with van der Waals surface area (Å²) in [6.07, 6.45) is 1.90. The van der Waals surface area contributed by atoms with Crippen LogP contribution in [0.25, 0.3) is 0 Å². The first-order chi connectivity index (χ1) is 4.09. The number of nitrogens with two attached hydrogens (primary N) is 1. The molecule has 0 radical (unpaired) electrons. The minimum atomic E-state index is -0.259. The van der Waals surface area contributed by atoms with Gasteiger partial charge in [-0.1, -0.05) is 11.6 Å². The molecule has 0 heterocycles. The average molecular weight is 127 g/mol. The Kier molecular flexibility index (Phi) is 2.99. The Balaban J connectivity index is 4.04. The summed E-state index contributed by atoms with van der Waals surface area (Å²) in [6, 6.07) is 0. The Morgan fingerprint density at radius 1 is 1.67 bits per heavy atom. The number of hydrogen-bond acceptors (Lipinski definition) is 1. The van der Waals surface area contributed by atoms with E-state index >= 15 is 0 Å². The van der Waals surface area contributed by atoms with Gasteiger partial charge in [0.1, 0.15) is 0 Å². The van der Waals surface area contributed by atoms with Crippen LogP contribution in [0.5, 0.6) is 0 Å². The largest absolute Gasteiger partial charge is 0.369 e. The van der Waals surface area contributed by atoms with Crippen LogP contribution in [0.4, 0.5) is 0 Å². The lowest BCUT2D eigenvalue weighted by Gasteiger charge is -2.04. The zero-order valence-electron chi connectivity index (χ0n) is 6.14. The molecular weight excluding hydrogens is 114 g/mol. The molecule has 0 spiro atoms. The average Bonchev–Trinajstić information content (AvgIpc) is 1.84. The fourth-order valence-corrected chi connectivity index (χ4v) is 0.474. The summed E-state index contributed by atoms with van der Waals surface area (Å²) < 4.78 is 0. The van der Waals surface area contributed by atoms with Crippen molar-refractivity contribution in [2.75, 3.05) is 0 Å². The highest BCUT2D eigenvalue weighted by Gasteiger charge is 2.08. The van der Waals surface area contributed by atoms with Crippen LogP contribution in [0.2, 0.25) is 0 Å². The molecule has 0 saturated carbocycles. The molecule has 0 aromatic carbocycles. The van der Waals surface area contributed by atoms with E-state index in [0.29, 0.717) is 0 Å². The Labute approximate surface area is 55.7 Å². The lowest BCUT2D eigenvalue weighted by atomic mass is 10.0. The minimum absolute atomic E-state index is 0.116. The Hall–Kier alpha value is -0.790. The summed E-state index contributed by atoms with van der Waals surface area (Å²) >= 11 is 0. The second-order valence-electron chi connectivity index (χ2n) is 2.16. The summed E-state index contributed by atoms with van der Waals surface area (Å²) in [5.74, 6) is -0.374. The number of amides is 1. The molecule has 52 valence electrons. The molecule has 0 aliphatic rings. The number of rotatable bonds is 2. The molecular formula is C7H13NO. The molecule has 0 aromatic rings. The Bertz CT molecular complexity index is 138. The molecule has 0 aliphatic carbocycles. The van der Waals surface area contributed by atoms with E-state index in [-0.39, 0.29) is 11.8 Å². The number of carbonyl (C=O) groups excluding carboxylic acids is 1. The van der Waals surface area contributed by atoms with Gasteiger partial charge in [0.25, 0.3) is 0 Å². The molecule has 1 atom stereocenters. The molecule has 2 nitrogen and oxygen atoms in total. The molecule has 0 aliphatic heterocycles. The lowest BCUT2D eigenvalue weighted by Crippen LogP contribution is -2.21. The van der Waals surface area contributed by atoms with Crippen molar-refractivity contribution in [1.82, 2.24) is 0 Å². The van der Waals surface area contributed by atoms with Gasteiger partial charge < -0.3 is 5.73 Å². The van der Waals surface area contributed by atoms with E-state index < -0.39 is 0 Å². The Morgan fingerprint density at radius 2 is 2.11 bits per heavy atom. The Morgan fingerprint density at radius 3 is 2.22 bits per heavy atom. The first kappa shape index (κ1) is 8.21. The fraction of sp³-hybridized carbons (Fsp3) is 0.571. The topological polar surface area (TPSA) is 43.1 Å². The maximum absolute atomic E-state index is 10.5. The summed E-state index contributed by atoms with van der Waals surface area (Å²) in [5, 5.41) is 0. The monoisotopic (exact) mass is 127 g/mol. The van der Waals surface area contributed by atoms with E-state index in [1.807, 2.05) is 19.9 Å². The van der Waals surface area contributed by atoms with Gasteiger partial charge in [-0.15, -0.1) is 0 Å². The summed E-state index contributed by atoms with van der Waals surface area (Å²) in [4.78, 5) is 10.5. The van der Waals surface area contributed by atoms with Gasteiger partial charge >= 0.3 is 0 Å². The predicted octanol–water partition coefficient (Wildman–Crippen LogP) is 1.07. The molecule has 0 rings (SSSR count). The van der Waals surface area contributed by atoms with Crippen molar-refractivity contribution in [3.63, 3.8) is 0 Å². The van der Waals surface area contributed by atoms with E-state index in [1.165, 1.54) is 0 Å². The van der Waals surface area contributed by atoms with Crippen molar-refractivity contribution in [1.29, 1.82) is 0 Å². The SMILES string of the molecule is CC=C(C)C(C)C(N)=O. The van der Waals surface area contributed by atoms with Gasteiger partial charge in [0.2, 0.25) is 5.91 Å². The smallest absolute Gasteiger partial charge is 0.224 e. The quantitative estimate of drug-likeness (QED) is 0.554. The van der Waals surface area contributed by atoms with Crippen molar-refractivity contribution >= 4 is 5.91 Å². The van der Waals surface area contributed by atoms with Crippen LogP contribution < -0.4 is 5.73 Å². The fourth-order valence-electron chi connectivity index (χ4n) is 0.474. The number of carbonyl (C=O) groups is 1. The molecule has 1 amide bonds. The van der Waals surface area contributed by atoms with Crippen LogP contribution in [-0.2, 0) is 4.79 Å². The van der Waals surface area contributed by atoms with Crippen LogP contribution in [-0.4, -0.2) is 5.91 Å². The van der Waals surface area contributed by atoms with E-state index in [2.05, 4.69) is 0 Å². The molecule has 9 heavy (non-hydrogen) atoms. The van der Waals surface area contributed by atoms with Gasteiger partial charge in [-0.3, -0.25) is 4.79 Å². The van der Waals surface area contributed by atoms with Crippen LogP contribution in [0.3, 0.4) is 0 Å². The van der Waals surface area contributed by atoms with Crippen LogP contribution in [0.1, 0.15) is 20.8 Å². The summed E-state index contributed by atoms with van der Waals surface area (Å²) in [6.45, 7) is 5.60. The number of primary amides is 1. The van der Waals surface area contributed by atoms with E-state index in [4.69, 9.17) is 5.73 Å².